The zero-order valence-corrected chi connectivity index (χ0v) is 13.9. The van der Waals surface area contributed by atoms with Crippen LogP contribution < -0.4 is 4.31 Å². The summed E-state index contributed by atoms with van der Waals surface area (Å²) in [6, 6.07) is 14.7. The maximum Gasteiger partial charge on any atom is 0.305 e. The van der Waals surface area contributed by atoms with Crippen LogP contribution in [0.3, 0.4) is 0 Å². The summed E-state index contributed by atoms with van der Waals surface area (Å²) in [5.74, 6) is -1.05. The van der Waals surface area contributed by atoms with E-state index in [0.717, 1.165) is 4.31 Å². The van der Waals surface area contributed by atoms with Crippen LogP contribution in [-0.4, -0.2) is 26.0 Å². The van der Waals surface area contributed by atoms with Gasteiger partial charge in [-0.2, -0.15) is 0 Å². The van der Waals surface area contributed by atoms with Gasteiger partial charge in [0.05, 0.1) is 17.0 Å². The second-order valence-corrected chi connectivity index (χ2v) is 7.29. The van der Waals surface area contributed by atoms with Crippen LogP contribution in [0.2, 0.25) is 0 Å². The molecule has 0 atom stereocenters. The SMILES string of the molecule is O=C(O)CCN(c1cccc(Br)c1)S(=O)(=O)c1ccccc1. The first-order valence-corrected chi connectivity index (χ1v) is 8.70. The Hall–Kier alpha value is -1.86. The summed E-state index contributed by atoms with van der Waals surface area (Å²) in [6.45, 7) is -0.136. The van der Waals surface area contributed by atoms with E-state index in [0.29, 0.717) is 10.2 Å². The van der Waals surface area contributed by atoms with Gasteiger partial charge in [0, 0.05) is 11.0 Å². The Morgan fingerprint density at radius 3 is 2.36 bits per heavy atom. The number of hydrogen-bond acceptors (Lipinski definition) is 3. The third-order valence-electron chi connectivity index (χ3n) is 2.96. The Bertz CT molecular complexity index is 762. The van der Waals surface area contributed by atoms with E-state index in [1.54, 1.807) is 42.5 Å². The molecule has 0 radical (unpaired) electrons. The average molecular weight is 384 g/mol. The standard InChI is InChI=1S/C15H14BrNO4S/c16-12-5-4-6-13(11-12)17(10-9-15(18)19)22(20,21)14-7-2-1-3-8-14/h1-8,11H,9-10H2,(H,18,19). The summed E-state index contributed by atoms with van der Waals surface area (Å²) >= 11 is 3.30. The molecule has 0 saturated heterocycles. The molecule has 2 aromatic carbocycles. The Labute approximate surface area is 137 Å². The molecule has 0 aromatic heterocycles. The molecule has 0 aliphatic rings. The summed E-state index contributed by atoms with van der Waals surface area (Å²) < 4.78 is 27.4. The minimum Gasteiger partial charge on any atom is -0.481 e. The molecule has 0 unspecified atom stereocenters. The molecular weight excluding hydrogens is 370 g/mol. The van der Waals surface area contributed by atoms with Gasteiger partial charge < -0.3 is 5.11 Å². The number of carbonyl (C=O) groups is 1. The lowest BCUT2D eigenvalue weighted by molar-refractivity contribution is -0.136. The molecule has 0 saturated carbocycles. The highest BCUT2D eigenvalue weighted by atomic mass is 79.9. The number of carboxylic acid groups (broad SMARTS) is 1. The number of rotatable bonds is 6. The normalized spacial score (nSPS) is 11.1. The van der Waals surface area contributed by atoms with Gasteiger partial charge in [-0.05, 0) is 30.3 Å². The highest BCUT2D eigenvalue weighted by Crippen LogP contribution is 2.26. The van der Waals surface area contributed by atoms with Crippen LogP contribution in [-0.2, 0) is 14.8 Å². The Morgan fingerprint density at radius 2 is 1.77 bits per heavy atom. The van der Waals surface area contributed by atoms with Crippen LogP contribution in [0.25, 0.3) is 0 Å². The van der Waals surface area contributed by atoms with Crippen molar-refractivity contribution in [3.05, 3.63) is 59.1 Å². The smallest absolute Gasteiger partial charge is 0.305 e. The number of anilines is 1. The molecule has 1 N–H and O–H groups in total. The van der Waals surface area contributed by atoms with Crippen LogP contribution in [0.4, 0.5) is 5.69 Å². The zero-order valence-electron chi connectivity index (χ0n) is 11.5. The van der Waals surface area contributed by atoms with Crippen LogP contribution >= 0.6 is 15.9 Å². The van der Waals surface area contributed by atoms with E-state index in [1.807, 2.05) is 0 Å². The van der Waals surface area contributed by atoms with Crippen molar-refractivity contribution in [2.24, 2.45) is 0 Å². The Kier molecular flexibility index (Phi) is 5.20. The average Bonchev–Trinajstić information content (AvgIpc) is 2.48. The number of benzene rings is 2. The third kappa shape index (κ3) is 3.86. The van der Waals surface area contributed by atoms with Crippen LogP contribution in [0.15, 0.2) is 64.0 Å². The fraction of sp³-hybridized carbons (Fsp3) is 0.133. The van der Waals surface area contributed by atoms with Crippen LogP contribution in [0, 0.1) is 0 Å². The van der Waals surface area contributed by atoms with Gasteiger partial charge in [-0.15, -0.1) is 0 Å². The topological polar surface area (TPSA) is 74.7 Å². The van der Waals surface area contributed by atoms with Gasteiger partial charge in [0.15, 0.2) is 0 Å². The van der Waals surface area contributed by atoms with E-state index in [4.69, 9.17) is 5.11 Å². The minimum absolute atomic E-state index is 0.125. The molecule has 0 bridgehead atoms. The second-order valence-electron chi connectivity index (χ2n) is 4.51. The first kappa shape index (κ1) is 16.5. The van der Waals surface area contributed by atoms with Crippen LogP contribution in [0.5, 0.6) is 0 Å². The maximum atomic E-state index is 12.8. The first-order chi connectivity index (χ1) is 10.4. The van der Waals surface area contributed by atoms with E-state index >= 15 is 0 Å². The van der Waals surface area contributed by atoms with Crippen LogP contribution in [0.1, 0.15) is 6.42 Å². The summed E-state index contributed by atoms with van der Waals surface area (Å²) in [5, 5.41) is 8.87. The van der Waals surface area contributed by atoms with Crippen molar-refractivity contribution in [1.29, 1.82) is 0 Å². The molecule has 0 heterocycles. The van der Waals surface area contributed by atoms with Crippen molar-refractivity contribution in [3.63, 3.8) is 0 Å². The molecule has 0 spiro atoms. The summed E-state index contributed by atoms with van der Waals surface area (Å²) in [7, 11) is -3.82. The van der Waals surface area contributed by atoms with E-state index in [-0.39, 0.29) is 17.9 Å². The van der Waals surface area contributed by atoms with Crippen molar-refractivity contribution in [2.75, 3.05) is 10.8 Å². The number of nitrogens with zero attached hydrogens (tertiary/aromatic N) is 1. The van der Waals surface area contributed by atoms with Gasteiger partial charge >= 0.3 is 5.97 Å². The molecular formula is C15H14BrNO4S. The molecule has 22 heavy (non-hydrogen) atoms. The fourth-order valence-corrected chi connectivity index (χ4v) is 3.80. The highest BCUT2D eigenvalue weighted by molar-refractivity contribution is 9.10. The predicted molar refractivity (Wildman–Crippen MR) is 87.4 cm³/mol. The predicted octanol–water partition coefficient (Wildman–Crippen LogP) is 3.12. The van der Waals surface area contributed by atoms with Gasteiger partial charge in [0.2, 0.25) is 0 Å². The summed E-state index contributed by atoms with van der Waals surface area (Å²) in [6.07, 6.45) is -0.279. The Morgan fingerprint density at radius 1 is 1.09 bits per heavy atom. The molecule has 2 rings (SSSR count). The van der Waals surface area contributed by atoms with E-state index in [1.165, 1.54) is 12.1 Å². The van der Waals surface area contributed by atoms with Gasteiger partial charge in [-0.1, -0.05) is 40.2 Å². The number of hydrogen-bond donors (Lipinski definition) is 1. The van der Waals surface area contributed by atoms with Crippen molar-refractivity contribution in [1.82, 2.24) is 0 Å². The van der Waals surface area contributed by atoms with Gasteiger partial charge in [0.25, 0.3) is 10.0 Å². The maximum absolute atomic E-state index is 12.8. The van der Waals surface area contributed by atoms with Gasteiger partial charge in [-0.3, -0.25) is 9.10 Å². The minimum atomic E-state index is -3.82. The van der Waals surface area contributed by atoms with E-state index < -0.39 is 16.0 Å². The molecule has 2 aromatic rings. The lowest BCUT2D eigenvalue weighted by Gasteiger charge is -2.24. The molecule has 0 aliphatic heterocycles. The van der Waals surface area contributed by atoms with Gasteiger partial charge in [-0.25, -0.2) is 8.42 Å². The third-order valence-corrected chi connectivity index (χ3v) is 5.29. The van der Waals surface area contributed by atoms with Crippen molar-refractivity contribution in [2.45, 2.75) is 11.3 Å². The molecule has 7 heteroatoms. The monoisotopic (exact) mass is 383 g/mol. The number of sulfonamides is 1. The summed E-state index contributed by atoms with van der Waals surface area (Å²) in [4.78, 5) is 11.0. The highest BCUT2D eigenvalue weighted by Gasteiger charge is 2.25. The van der Waals surface area contributed by atoms with Crippen molar-refractivity contribution in [3.8, 4) is 0 Å². The first-order valence-electron chi connectivity index (χ1n) is 6.46. The molecule has 0 fully saturated rings. The lowest BCUT2D eigenvalue weighted by Crippen LogP contribution is -2.33. The second kappa shape index (κ2) is 6.93. The fourth-order valence-electron chi connectivity index (χ4n) is 1.94. The Balaban J connectivity index is 2.46. The summed E-state index contributed by atoms with van der Waals surface area (Å²) in [5.41, 5.74) is 0.416. The number of halogens is 1. The van der Waals surface area contributed by atoms with Gasteiger partial charge in [0.1, 0.15) is 0 Å². The molecule has 116 valence electrons. The van der Waals surface area contributed by atoms with Crippen molar-refractivity contribution < 1.29 is 18.3 Å². The molecule has 0 amide bonds. The quantitative estimate of drug-likeness (QED) is 0.831. The molecule has 0 aliphatic carbocycles. The van der Waals surface area contributed by atoms with E-state index in [2.05, 4.69) is 15.9 Å². The number of carboxylic acids is 1. The van der Waals surface area contributed by atoms with Crippen molar-refractivity contribution >= 4 is 37.6 Å². The lowest BCUT2D eigenvalue weighted by atomic mass is 10.3. The van der Waals surface area contributed by atoms with E-state index in [9.17, 15) is 13.2 Å². The molecule has 5 nitrogen and oxygen atoms in total. The number of aliphatic carboxylic acids is 1. The largest absolute Gasteiger partial charge is 0.481 e. The zero-order chi connectivity index (χ0) is 16.2.